The molecule has 4 heterocycles. The van der Waals surface area contributed by atoms with Crippen molar-refractivity contribution < 1.29 is 14.0 Å². The largest absolute Gasteiger partial charge is 0.457 e. The number of allylic oxidation sites excluding steroid dienone is 3. The maximum Gasteiger partial charge on any atom is 0.322 e. The number of hydrogen-bond donors (Lipinski definition) is 2. The number of amides is 3. The van der Waals surface area contributed by atoms with Gasteiger partial charge in [0.2, 0.25) is 0 Å². The molecule has 2 aliphatic rings. The summed E-state index contributed by atoms with van der Waals surface area (Å²) in [7, 11) is 0. The molecule has 0 spiro atoms. The van der Waals surface area contributed by atoms with E-state index in [1.54, 1.807) is 18.3 Å². The molecule has 2 aliphatic heterocycles. The van der Waals surface area contributed by atoms with Gasteiger partial charge in [-0.3, -0.25) is 15.1 Å². The molecule has 1 saturated heterocycles. The van der Waals surface area contributed by atoms with Crippen LogP contribution >= 0.6 is 0 Å². The number of carbonyl (C=O) groups excluding carboxylic acids is 2. The fourth-order valence-corrected chi connectivity index (χ4v) is 2.52. The molecule has 2 aromatic heterocycles. The van der Waals surface area contributed by atoms with Gasteiger partial charge in [-0.25, -0.2) is 9.78 Å². The van der Waals surface area contributed by atoms with Crippen molar-refractivity contribution in [1.29, 1.82) is 0 Å². The molecule has 1 unspecified atom stereocenters. The van der Waals surface area contributed by atoms with Gasteiger partial charge in [0.25, 0.3) is 5.91 Å². The second kappa shape index (κ2) is 5.20. The zero-order valence-electron chi connectivity index (χ0n) is 11.9. The zero-order chi connectivity index (χ0) is 15.8. The molecule has 0 radical (unpaired) electrons. The molecule has 7 heteroatoms. The highest BCUT2D eigenvalue weighted by Crippen LogP contribution is 2.26. The summed E-state index contributed by atoms with van der Waals surface area (Å²) >= 11 is 0. The summed E-state index contributed by atoms with van der Waals surface area (Å²) in [5, 5.41) is 4.68. The van der Waals surface area contributed by atoms with E-state index in [1.807, 2.05) is 24.3 Å². The summed E-state index contributed by atoms with van der Waals surface area (Å²) in [5.74, 6) is -0.0696. The van der Waals surface area contributed by atoms with Gasteiger partial charge in [0.15, 0.2) is 11.6 Å². The first-order valence-electron chi connectivity index (χ1n) is 7.09. The highest BCUT2D eigenvalue weighted by Gasteiger charge is 2.33. The summed E-state index contributed by atoms with van der Waals surface area (Å²) < 4.78 is 5.64. The van der Waals surface area contributed by atoms with Crippen LogP contribution in [-0.2, 0) is 4.79 Å². The molecule has 23 heavy (non-hydrogen) atoms. The molecule has 114 valence electrons. The number of carbonyl (C=O) groups is 2. The van der Waals surface area contributed by atoms with Crippen molar-refractivity contribution in [3.05, 3.63) is 47.9 Å². The van der Waals surface area contributed by atoms with Crippen molar-refractivity contribution >= 4 is 34.8 Å². The van der Waals surface area contributed by atoms with Crippen LogP contribution in [0.15, 0.2) is 45.8 Å². The first-order chi connectivity index (χ1) is 11.2. The number of imide groups is 1. The molecule has 3 amide bonds. The molecular formula is C16H12N4O3. The molecule has 2 aromatic rings. The van der Waals surface area contributed by atoms with E-state index in [4.69, 9.17) is 4.42 Å². The third kappa shape index (κ3) is 2.42. The first-order valence-corrected chi connectivity index (χ1v) is 7.09. The second-order valence-corrected chi connectivity index (χ2v) is 5.16. The summed E-state index contributed by atoms with van der Waals surface area (Å²) in [6.45, 7) is 0.647. The molecule has 4 rings (SSSR count). The summed E-state index contributed by atoms with van der Waals surface area (Å²) in [5.41, 5.74) is 2.92. The summed E-state index contributed by atoms with van der Waals surface area (Å²) in [6.07, 6.45) is 7.57. The number of nitrogens with zero attached hydrogens (tertiary/aromatic N) is 2. The minimum atomic E-state index is -0.815. The van der Waals surface area contributed by atoms with Crippen LogP contribution in [0.25, 0.3) is 16.7 Å². The monoisotopic (exact) mass is 308 g/mol. The SMILES string of the molecule is O=C1NC(=O)C(c2cc3nc(C4=CC=NCC=C4)ccc3o2)N1. The van der Waals surface area contributed by atoms with E-state index in [2.05, 4.69) is 20.6 Å². The van der Waals surface area contributed by atoms with Crippen molar-refractivity contribution in [2.24, 2.45) is 4.99 Å². The number of furan rings is 1. The normalized spacial score (nSPS) is 20.3. The third-order valence-corrected chi connectivity index (χ3v) is 3.62. The minimum Gasteiger partial charge on any atom is -0.457 e. The number of aromatic nitrogens is 1. The summed E-state index contributed by atoms with van der Waals surface area (Å²) in [6, 6.07) is 3.97. The van der Waals surface area contributed by atoms with Crippen molar-refractivity contribution in [3.8, 4) is 0 Å². The van der Waals surface area contributed by atoms with Gasteiger partial charge in [-0.2, -0.15) is 0 Å². The molecule has 0 aromatic carbocycles. The lowest BCUT2D eigenvalue weighted by Gasteiger charge is -2.00. The van der Waals surface area contributed by atoms with Crippen LogP contribution in [0.3, 0.4) is 0 Å². The Kier molecular flexibility index (Phi) is 3.04. The van der Waals surface area contributed by atoms with E-state index in [9.17, 15) is 9.59 Å². The number of aliphatic imine (C=N–C) groups is 1. The molecular weight excluding hydrogens is 296 g/mol. The highest BCUT2D eigenvalue weighted by molar-refractivity contribution is 6.04. The zero-order valence-corrected chi connectivity index (χ0v) is 11.9. The number of hydrogen-bond acceptors (Lipinski definition) is 5. The van der Waals surface area contributed by atoms with Crippen LogP contribution in [0.1, 0.15) is 17.5 Å². The second-order valence-electron chi connectivity index (χ2n) is 5.16. The van der Waals surface area contributed by atoms with Gasteiger partial charge in [-0.15, -0.1) is 0 Å². The van der Waals surface area contributed by atoms with E-state index in [0.717, 1.165) is 11.3 Å². The van der Waals surface area contributed by atoms with E-state index in [0.29, 0.717) is 23.4 Å². The lowest BCUT2D eigenvalue weighted by molar-refractivity contribution is -0.120. The van der Waals surface area contributed by atoms with Crippen LogP contribution in [0.2, 0.25) is 0 Å². The van der Waals surface area contributed by atoms with Gasteiger partial charge in [-0.1, -0.05) is 12.2 Å². The number of nitrogens with one attached hydrogen (secondary N) is 2. The Morgan fingerprint density at radius 3 is 3.00 bits per heavy atom. The van der Waals surface area contributed by atoms with Crippen LogP contribution in [0.5, 0.6) is 0 Å². The fraction of sp³-hybridized carbons (Fsp3) is 0.125. The van der Waals surface area contributed by atoms with E-state index < -0.39 is 18.0 Å². The predicted molar refractivity (Wildman–Crippen MR) is 83.9 cm³/mol. The Morgan fingerprint density at radius 2 is 2.17 bits per heavy atom. The van der Waals surface area contributed by atoms with Gasteiger partial charge in [0.05, 0.1) is 12.2 Å². The van der Waals surface area contributed by atoms with Crippen molar-refractivity contribution in [2.75, 3.05) is 6.54 Å². The van der Waals surface area contributed by atoms with Gasteiger partial charge < -0.3 is 9.73 Å². The Balaban J connectivity index is 1.73. The minimum absolute atomic E-state index is 0.361. The quantitative estimate of drug-likeness (QED) is 0.826. The number of rotatable bonds is 2. The third-order valence-electron chi connectivity index (χ3n) is 3.62. The summed E-state index contributed by atoms with van der Waals surface area (Å²) in [4.78, 5) is 31.6. The van der Waals surface area contributed by atoms with Gasteiger partial charge in [0.1, 0.15) is 11.3 Å². The maximum atomic E-state index is 11.7. The molecule has 1 atom stereocenters. The van der Waals surface area contributed by atoms with E-state index >= 15 is 0 Å². The molecule has 1 fully saturated rings. The topological polar surface area (TPSA) is 96.6 Å². The lowest BCUT2D eigenvalue weighted by Crippen LogP contribution is -2.22. The smallest absolute Gasteiger partial charge is 0.322 e. The van der Waals surface area contributed by atoms with Crippen LogP contribution in [0.4, 0.5) is 4.79 Å². The first kappa shape index (κ1) is 13.4. The number of pyridine rings is 1. The Morgan fingerprint density at radius 1 is 1.26 bits per heavy atom. The van der Waals surface area contributed by atoms with E-state index in [1.165, 1.54) is 0 Å². The molecule has 0 bridgehead atoms. The van der Waals surface area contributed by atoms with Gasteiger partial charge in [0, 0.05) is 17.9 Å². The molecule has 0 saturated carbocycles. The maximum absolute atomic E-state index is 11.7. The Bertz CT molecular complexity index is 907. The van der Waals surface area contributed by atoms with Crippen LogP contribution in [-0.4, -0.2) is 29.7 Å². The average Bonchev–Trinajstić information content (AvgIpc) is 2.97. The average molecular weight is 308 g/mol. The van der Waals surface area contributed by atoms with Crippen molar-refractivity contribution in [1.82, 2.24) is 15.6 Å². The van der Waals surface area contributed by atoms with Crippen molar-refractivity contribution in [2.45, 2.75) is 6.04 Å². The fourth-order valence-electron chi connectivity index (χ4n) is 2.52. The van der Waals surface area contributed by atoms with Gasteiger partial charge in [-0.05, 0) is 18.2 Å². The predicted octanol–water partition coefficient (Wildman–Crippen LogP) is 1.73. The Hall–Kier alpha value is -3.22. The highest BCUT2D eigenvalue weighted by atomic mass is 16.3. The number of urea groups is 1. The van der Waals surface area contributed by atoms with Crippen molar-refractivity contribution in [3.63, 3.8) is 0 Å². The van der Waals surface area contributed by atoms with Crippen LogP contribution < -0.4 is 10.6 Å². The van der Waals surface area contributed by atoms with Gasteiger partial charge >= 0.3 is 6.03 Å². The number of fused-ring (bicyclic) bond motifs is 1. The van der Waals surface area contributed by atoms with Crippen LogP contribution in [0, 0.1) is 0 Å². The Labute approximate surface area is 130 Å². The van der Waals surface area contributed by atoms with E-state index in [-0.39, 0.29) is 0 Å². The standard InChI is InChI=1S/C16H12N4O3/c21-15-14(19-16(22)20-15)13-8-11-12(23-13)4-3-10(18-11)9-2-1-6-17-7-5-9/h1-5,7-8,14H,6H2,(H2,19,20,21,22). The molecule has 0 aliphatic carbocycles. The lowest BCUT2D eigenvalue weighted by atomic mass is 10.1. The molecule has 7 nitrogen and oxygen atoms in total. The molecule has 2 N–H and O–H groups in total.